The first-order valence-electron chi connectivity index (χ1n) is 6.53. The third-order valence-electron chi connectivity index (χ3n) is 3.51. The highest BCUT2D eigenvalue weighted by molar-refractivity contribution is 5.64. The Kier molecular flexibility index (Phi) is 4.62. The SMILES string of the molecule is CCCn1nc(C)c(N)c1NCC(C)(C)N(C)C. The Morgan fingerprint density at radius 1 is 1.39 bits per heavy atom. The lowest BCUT2D eigenvalue weighted by Gasteiger charge is -2.33. The summed E-state index contributed by atoms with van der Waals surface area (Å²) in [6.07, 6.45) is 1.05. The zero-order valence-electron chi connectivity index (χ0n) is 12.5. The highest BCUT2D eigenvalue weighted by atomic mass is 15.3. The fourth-order valence-electron chi connectivity index (χ4n) is 1.61. The third kappa shape index (κ3) is 3.16. The molecule has 0 unspecified atom stereocenters. The Balaban J connectivity index is 2.84. The zero-order valence-corrected chi connectivity index (χ0v) is 12.5. The first-order chi connectivity index (χ1) is 8.29. The maximum absolute atomic E-state index is 6.08. The van der Waals surface area contributed by atoms with Crippen molar-refractivity contribution in [1.29, 1.82) is 0 Å². The molecule has 0 saturated carbocycles. The molecule has 0 amide bonds. The highest BCUT2D eigenvalue weighted by Crippen LogP contribution is 2.23. The predicted octanol–water partition coefficient (Wildman–Crippen LogP) is 1.94. The van der Waals surface area contributed by atoms with Crippen LogP contribution in [0.2, 0.25) is 0 Å². The number of hydrogen-bond acceptors (Lipinski definition) is 4. The topological polar surface area (TPSA) is 59.1 Å². The van der Waals surface area contributed by atoms with Crippen LogP contribution in [0, 0.1) is 6.92 Å². The van der Waals surface area contributed by atoms with Gasteiger partial charge in [0.1, 0.15) is 5.82 Å². The minimum absolute atomic E-state index is 0.0711. The number of aromatic nitrogens is 2. The van der Waals surface area contributed by atoms with Gasteiger partial charge in [-0.15, -0.1) is 0 Å². The van der Waals surface area contributed by atoms with Gasteiger partial charge in [0.15, 0.2) is 0 Å². The lowest BCUT2D eigenvalue weighted by Crippen LogP contribution is -2.44. The zero-order chi connectivity index (χ0) is 13.9. The molecule has 0 saturated heterocycles. The molecule has 3 N–H and O–H groups in total. The van der Waals surface area contributed by atoms with Gasteiger partial charge in [0, 0.05) is 18.6 Å². The molecule has 0 aliphatic heterocycles. The van der Waals surface area contributed by atoms with Crippen LogP contribution in [0.25, 0.3) is 0 Å². The summed E-state index contributed by atoms with van der Waals surface area (Å²) in [6, 6.07) is 0. The first-order valence-corrected chi connectivity index (χ1v) is 6.53. The Hall–Kier alpha value is -1.23. The van der Waals surface area contributed by atoms with E-state index in [1.807, 2.05) is 11.6 Å². The average Bonchev–Trinajstić information content (AvgIpc) is 2.53. The molecule has 0 atom stereocenters. The average molecular weight is 253 g/mol. The van der Waals surface area contributed by atoms with Crippen LogP contribution in [0.1, 0.15) is 32.9 Å². The second kappa shape index (κ2) is 5.61. The largest absolute Gasteiger partial charge is 0.394 e. The van der Waals surface area contributed by atoms with Crippen molar-refractivity contribution in [2.45, 2.75) is 46.2 Å². The Morgan fingerprint density at radius 3 is 2.50 bits per heavy atom. The number of rotatable bonds is 6. The Morgan fingerprint density at radius 2 is 2.00 bits per heavy atom. The number of nitrogens with two attached hydrogens (primary N) is 1. The fourth-order valence-corrected chi connectivity index (χ4v) is 1.61. The molecule has 0 fully saturated rings. The molecule has 5 heteroatoms. The number of hydrogen-bond donors (Lipinski definition) is 2. The van der Waals surface area contributed by atoms with Gasteiger partial charge in [-0.2, -0.15) is 5.10 Å². The van der Waals surface area contributed by atoms with E-state index >= 15 is 0 Å². The third-order valence-corrected chi connectivity index (χ3v) is 3.51. The van der Waals surface area contributed by atoms with Crippen molar-refractivity contribution in [3.63, 3.8) is 0 Å². The van der Waals surface area contributed by atoms with Gasteiger partial charge in [0.25, 0.3) is 0 Å². The van der Waals surface area contributed by atoms with Crippen LogP contribution in [-0.4, -0.2) is 40.9 Å². The van der Waals surface area contributed by atoms with Crippen molar-refractivity contribution >= 4 is 11.5 Å². The number of aryl methyl sites for hydroxylation is 2. The molecular weight excluding hydrogens is 226 g/mol. The smallest absolute Gasteiger partial charge is 0.148 e. The molecule has 1 aromatic rings. The van der Waals surface area contributed by atoms with Crippen LogP contribution < -0.4 is 11.1 Å². The van der Waals surface area contributed by atoms with Gasteiger partial charge >= 0.3 is 0 Å². The van der Waals surface area contributed by atoms with E-state index in [9.17, 15) is 0 Å². The van der Waals surface area contributed by atoms with E-state index in [1.54, 1.807) is 0 Å². The fraction of sp³-hybridized carbons (Fsp3) is 0.769. The van der Waals surface area contributed by atoms with E-state index in [2.05, 4.69) is 50.2 Å². The van der Waals surface area contributed by atoms with Crippen LogP contribution >= 0.6 is 0 Å². The van der Waals surface area contributed by atoms with Crippen molar-refractivity contribution in [1.82, 2.24) is 14.7 Å². The summed E-state index contributed by atoms with van der Waals surface area (Å²) in [4.78, 5) is 2.20. The molecule has 1 rings (SSSR count). The van der Waals surface area contributed by atoms with Crippen LogP contribution in [0.4, 0.5) is 11.5 Å². The van der Waals surface area contributed by atoms with E-state index in [0.717, 1.165) is 36.7 Å². The van der Waals surface area contributed by atoms with E-state index in [-0.39, 0.29) is 5.54 Å². The van der Waals surface area contributed by atoms with E-state index in [4.69, 9.17) is 5.73 Å². The number of nitrogens with zero attached hydrogens (tertiary/aromatic N) is 3. The number of likely N-dealkylation sites (N-methyl/N-ethyl adjacent to an activating group) is 1. The molecule has 0 radical (unpaired) electrons. The summed E-state index contributed by atoms with van der Waals surface area (Å²) < 4.78 is 1.97. The van der Waals surface area contributed by atoms with E-state index < -0.39 is 0 Å². The molecule has 0 aliphatic rings. The first kappa shape index (κ1) is 14.8. The second-order valence-corrected chi connectivity index (χ2v) is 5.63. The van der Waals surface area contributed by atoms with Gasteiger partial charge in [-0.3, -0.25) is 0 Å². The monoisotopic (exact) mass is 253 g/mol. The summed E-state index contributed by atoms with van der Waals surface area (Å²) in [6.45, 7) is 10.2. The van der Waals surface area contributed by atoms with Crippen molar-refractivity contribution in [3.8, 4) is 0 Å². The highest BCUT2D eigenvalue weighted by Gasteiger charge is 2.21. The number of nitrogens with one attached hydrogen (secondary N) is 1. The van der Waals surface area contributed by atoms with Gasteiger partial charge in [0.05, 0.1) is 11.4 Å². The molecule has 0 aliphatic carbocycles. The molecule has 0 aromatic carbocycles. The van der Waals surface area contributed by atoms with E-state index in [0.29, 0.717) is 0 Å². The van der Waals surface area contributed by atoms with Crippen LogP contribution in [0.3, 0.4) is 0 Å². The van der Waals surface area contributed by atoms with Gasteiger partial charge in [-0.1, -0.05) is 6.92 Å². The quantitative estimate of drug-likeness (QED) is 0.813. The molecule has 0 spiro atoms. The standard InChI is InChI=1S/C13H27N5/c1-7-8-18-12(11(14)10(2)16-18)15-9-13(3,4)17(5)6/h15H,7-9,14H2,1-6H3. The molecule has 0 bridgehead atoms. The van der Waals surface area contributed by atoms with Crippen molar-refractivity contribution < 1.29 is 0 Å². The second-order valence-electron chi connectivity index (χ2n) is 5.63. The number of anilines is 2. The Labute approximate surface area is 110 Å². The Bertz CT molecular complexity index is 392. The van der Waals surface area contributed by atoms with Gasteiger partial charge in [-0.25, -0.2) is 4.68 Å². The van der Waals surface area contributed by atoms with E-state index in [1.165, 1.54) is 0 Å². The van der Waals surface area contributed by atoms with Crippen LogP contribution in [0.5, 0.6) is 0 Å². The molecule has 5 nitrogen and oxygen atoms in total. The lowest BCUT2D eigenvalue weighted by molar-refractivity contribution is 0.209. The maximum Gasteiger partial charge on any atom is 0.148 e. The van der Waals surface area contributed by atoms with Crippen LogP contribution in [0.15, 0.2) is 0 Å². The predicted molar refractivity (Wildman–Crippen MR) is 77.9 cm³/mol. The molecular formula is C13H27N5. The minimum atomic E-state index is 0.0711. The van der Waals surface area contributed by atoms with Gasteiger partial charge < -0.3 is 16.0 Å². The van der Waals surface area contributed by atoms with Crippen molar-refractivity contribution in [3.05, 3.63) is 5.69 Å². The molecule has 104 valence electrons. The van der Waals surface area contributed by atoms with Gasteiger partial charge in [-0.05, 0) is 41.3 Å². The minimum Gasteiger partial charge on any atom is -0.394 e. The summed E-state index contributed by atoms with van der Waals surface area (Å²) in [5.41, 5.74) is 7.81. The summed E-state index contributed by atoms with van der Waals surface area (Å²) in [5.74, 6) is 0.948. The van der Waals surface area contributed by atoms with Gasteiger partial charge in [0.2, 0.25) is 0 Å². The number of nitrogen functional groups attached to an aromatic ring is 1. The normalized spacial score (nSPS) is 12.2. The molecule has 18 heavy (non-hydrogen) atoms. The van der Waals surface area contributed by atoms with Crippen molar-refractivity contribution in [2.75, 3.05) is 31.7 Å². The molecule has 1 aromatic heterocycles. The summed E-state index contributed by atoms with van der Waals surface area (Å²) >= 11 is 0. The molecule has 1 heterocycles. The maximum atomic E-state index is 6.08. The van der Waals surface area contributed by atoms with Crippen molar-refractivity contribution in [2.24, 2.45) is 0 Å². The van der Waals surface area contributed by atoms with Crippen LogP contribution in [-0.2, 0) is 6.54 Å². The lowest BCUT2D eigenvalue weighted by atomic mass is 10.0. The summed E-state index contributed by atoms with van der Waals surface area (Å²) in [5, 5.41) is 7.90. The summed E-state index contributed by atoms with van der Waals surface area (Å²) in [7, 11) is 4.17.